The van der Waals surface area contributed by atoms with Crippen LogP contribution >= 0.6 is 0 Å². The van der Waals surface area contributed by atoms with Gasteiger partial charge in [0.15, 0.2) is 0 Å². The van der Waals surface area contributed by atoms with E-state index in [1.165, 1.54) is 31.4 Å². The molecule has 0 aromatic carbocycles. The molecule has 0 aromatic heterocycles. The zero-order valence-electron chi connectivity index (χ0n) is 12.1. The van der Waals surface area contributed by atoms with Gasteiger partial charge in [0.05, 0.1) is 0 Å². The van der Waals surface area contributed by atoms with Crippen molar-refractivity contribution in [3.05, 3.63) is 24.3 Å². The summed E-state index contributed by atoms with van der Waals surface area (Å²) in [5.74, 6) is 0.531. The Morgan fingerprint density at radius 2 is 1.88 bits per heavy atom. The van der Waals surface area contributed by atoms with Gasteiger partial charge in [0.2, 0.25) is 0 Å². The molecular formula is C16H29N. The fraction of sp³-hybridized carbons (Fsp3) is 0.688. The minimum Gasteiger partial charge on any atom is -0.290 e. The molecule has 0 saturated heterocycles. The van der Waals surface area contributed by atoms with Crippen molar-refractivity contribution in [1.82, 2.24) is 0 Å². The first-order valence-electron chi connectivity index (χ1n) is 7.04. The molecule has 0 amide bonds. The highest BCUT2D eigenvalue weighted by molar-refractivity contribution is 5.96. The highest BCUT2D eigenvalue weighted by Gasteiger charge is 1.99. The lowest BCUT2D eigenvalue weighted by molar-refractivity contribution is 0.673. The van der Waals surface area contributed by atoms with Crippen molar-refractivity contribution in [2.45, 2.75) is 59.8 Å². The summed E-state index contributed by atoms with van der Waals surface area (Å²) in [6.07, 6.45) is 14.8. The van der Waals surface area contributed by atoms with E-state index in [0.717, 1.165) is 13.0 Å². The summed E-state index contributed by atoms with van der Waals surface area (Å²) in [6, 6.07) is 0. The highest BCUT2D eigenvalue weighted by atomic mass is 14.7. The van der Waals surface area contributed by atoms with Crippen molar-refractivity contribution in [2.24, 2.45) is 10.9 Å². The van der Waals surface area contributed by atoms with E-state index < -0.39 is 0 Å². The number of aliphatic imine (C=N–C) groups is 1. The third-order valence-electron chi connectivity index (χ3n) is 2.69. The van der Waals surface area contributed by atoms with Crippen LogP contribution in [-0.4, -0.2) is 12.3 Å². The fourth-order valence-electron chi connectivity index (χ4n) is 1.58. The zero-order chi connectivity index (χ0) is 12.9. The topological polar surface area (TPSA) is 12.4 Å². The minimum absolute atomic E-state index is 0.531. The predicted molar refractivity (Wildman–Crippen MR) is 79.9 cm³/mol. The number of unbranched alkanes of at least 4 members (excludes halogenated alkanes) is 3. The molecule has 0 unspecified atom stereocenters. The molecule has 1 nitrogen and oxygen atoms in total. The summed E-state index contributed by atoms with van der Waals surface area (Å²) in [5.41, 5.74) is 1.24. The van der Waals surface area contributed by atoms with Crippen LogP contribution in [-0.2, 0) is 0 Å². The van der Waals surface area contributed by atoms with Crippen LogP contribution in [0.2, 0.25) is 0 Å². The molecule has 0 atom stereocenters. The molecule has 1 heteroatoms. The van der Waals surface area contributed by atoms with Crippen molar-refractivity contribution in [2.75, 3.05) is 6.54 Å². The molecular weight excluding hydrogens is 206 g/mol. The van der Waals surface area contributed by atoms with E-state index in [4.69, 9.17) is 4.99 Å². The standard InChI is InChI=1S/C16H29N/c1-5-7-9-11-13-16(15(3)4)17-14-12-10-8-6-2/h5,7,11,13,15H,6,8-10,12,14H2,1-4H3/b7-5?,13-11-,17-16?. The number of rotatable bonds is 9. The van der Waals surface area contributed by atoms with Crippen LogP contribution in [0.25, 0.3) is 0 Å². The summed E-state index contributed by atoms with van der Waals surface area (Å²) in [6.45, 7) is 9.71. The van der Waals surface area contributed by atoms with E-state index in [-0.39, 0.29) is 0 Å². The van der Waals surface area contributed by atoms with Crippen LogP contribution in [0.15, 0.2) is 29.3 Å². The van der Waals surface area contributed by atoms with Gasteiger partial charge in [0, 0.05) is 12.3 Å². The molecule has 0 aromatic rings. The Bertz CT molecular complexity index is 246. The van der Waals surface area contributed by atoms with Gasteiger partial charge in [-0.2, -0.15) is 0 Å². The van der Waals surface area contributed by atoms with Crippen LogP contribution < -0.4 is 0 Å². The summed E-state index contributed by atoms with van der Waals surface area (Å²) in [4.78, 5) is 4.70. The molecule has 98 valence electrons. The Kier molecular flexibility index (Phi) is 11.0. The molecule has 0 bridgehead atoms. The maximum Gasteiger partial charge on any atom is 0.0392 e. The molecule has 0 fully saturated rings. The molecule has 0 aliphatic carbocycles. The number of hydrogen-bond donors (Lipinski definition) is 0. The van der Waals surface area contributed by atoms with Gasteiger partial charge in [-0.1, -0.05) is 58.3 Å². The van der Waals surface area contributed by atoms with Gasteiger partial charge in [-0.25, -0.2) is 0 Å². The van der Waals surface area contributed by atoms with Gasteiger partial charge in [0.25, 0.3) is 0 Å². The van der Waals surface area contributed by atoms with Gasteiger partial charge in [-0.3, -0.25) is 4.99 Å². The first kappa shape index (κ1) is 16.1. The second-order valence-electron chi connectivity index (χ2n) is 4.73. The maximum absolute atomic E-state index is 4.70. The van der Waals surface area contributed by atoms with Crippen LogP contribution in [0, 0.1) is 5.92 Å². The summed E-state index contributed by atoms with van der Waals surface area (Å²) in [7, 11) is 0. The number of allylic oxidation sites excluding steroid dienone is 4. The lowest BCUT2D eigenvalue weighted by Crippen LogP contribution is -2.05. The molecule has 17 heavy (non-hydrogen) atoms. The SMILES string of the molecule is CC=CC/C=C\C(=NCCCCCC)C(C)C. The normalized spacial score (nSPS) is 13.4. The Labute approximate surface area is 108 Å². The molecule has 0 aliphatic heterocycles. The van der Waals surface area contributed by atoms with Crippen molar-refractivity contribution < 1.29 is 0 Å². The van der Waals surface area contributed by atoms with E-state index >= 15 is 0 Å². The highest BCUT2D eigenvalue weighted by Crippen LogP contribution is 2.03. The van der Waals surface area contributed by atoms with Gasteiger partial charge >= 0.3 is 0 Å². The van der Waals surface area contributed by atoms with E-state index in [1.807, 2.05) is 0 Å². The van der Waals surface area contributed by atoms with Crippen molar-refractivity contribution >= 4 is 5.71 Å². The van der Waals surface area contributed by atoms with E-state index in [1.54, 1.807) is 0 Å². The number of nitrogens with zero attached hydrogens (tertiary/aromatic N) is 1. The monoisotopic (exact) mass is 235 g/mol. The smallest absolute Gasteiger partial charge is 0.0392 e. The van der Waals surface area contributed by atoms with Crippen LogP contribution in [0.4, 0.5) is 0 Å². The third-order valence-corrected chi connectivity index (χ3v) is 2.69. The van der Waals surface area contributed by atoms with Gasteiger partial charge in [-0.05, 0) is 31.8 Å². The predicted octanol–water partition coefficient (Wildman–Crippen LogP) is 5.19. The lowest BCUT2D eigenvalue weighted by atomic mass is 10.1. The Balaban J connectivity index is 4.03. The Hall–Kier alpha value is -0.850. The molecule has 0 saturated carbocycles. The first-order valence-corrected chi connectivity index (χ1v) is 7.04. The first-order chi connectivity index (χ1) is 8.22. The quantitative estimate of drug-likeness (QED) is 0.296. The fourth-order valence-corrected chi connectivity index (χ4v) is 1.58. The number of hydrogen-bond acceptors (Lipinski definition) is 1. The maximum atomic E-state index is 4.70. The van der Waals surface area contributed by atoms with E-state index in [2.05, 4.69) is 52.0 Å². The Morgan fingerprint density at radius 1 is 1.12 bits per heavy atom. The van der Waals surface area contributed by atoms with Crippen LogP contribution in [0.1, 0.15) is 59.8 Å². The zero-order valence-corrected chi connectivity index (χ0v) is 12.1. The van der Waals surface area contributed by atoms with Gasteiger partial charge < -0.3 is 0 Å². The van der Waals surface area contributed by atoms with Crippen LogP contribution in [0.3, 0.4) is 0 Å². The molecule has 0 aliphatic rings. The van der Waals surface area contributed by atoms with Gasteiger partial charge in [-0.15, -0.1) is 0 Å². The van der Waals surface area contributed by atoms with Crippen molar-refractivity contribution in [3.8, 4) is 0 Å². The molecule has 0 N–H and O–H groups in total. The third kappa shape index (κ3) is 10.0. The summed E-state index contributed by atoms with van der Waals surface area (Å²) >= 11 is 0. The molecule has 0 heterocycles. The van der Waals surface area contributed by atoms with E-state index in [0.29, 0.717) is 5.92 Å². The molecule has 0 rings (SSSR count). The van der Waals surface area contributed by atoms with Crippen molar-refractivity contribution in [1.29, 1.82) is 0 Å². The summed E-state index contributed by atoms with van der Waals surface area (Å²) < 4.78 is 0. The average Bonchev–Trinajstić information content (AvgIpc) is 2.31. The largest absolute Gasteiger partial charge is 0.290 e. The van der Waals surface area contributed by atoms with E-state index in [9.17, 15) is 0 Å². The second kappa shape index (κ2) is 11.6. The average molecular weight is 235 g/mol. The second-order valence-corrected chi connectivity index (χ2v) is 4.73. The van der Waals surface area contributed by atoms with Gasteiger partial charge in [0.1, 0.15) is 0 Å². The lowest BCUT2D eigenvalue weighted by Gasteiger charge is -2.05. The Morgan fingerprint density at radius 3 is 2.47 bits per heavy atom. The van der Waals surface area contributed by atoms with Crippen LogP contribution in [0.5, 0.6) is 0 Å². The van der Waals surface area contributed by atoms with Crippen molar-refractivity contribution in [3.63, 3.8) is 0 Å². The molecule has 0 spiro atoms. The summed E-state index contributed by atoms with van der Waals surface area (Å²) in [5, 5.41) is 0. The molecule has 0 radical (unpaired) electrons. The minimum atomic E-state index is 0.531.